The lowest BCUT2D eigenvalue weighted by molar-refractivity contribution is -0.117. The summed E-state index contributed by atoms with van der Waals surface area (Å²) in [6.07, 6.45) is 0.535. The summed E-state index contributed by atoms with van der Waals surface area (Å²) in [5.74, 6) is 0.158. The summed E-state index contributed by atoms with van der Waals surface area (Å²) in [4.78, 5) is 17.3. The van der Waals surface area contributed by atoms with Crippen LogP contribution >= 0.6 is 11.6 Å². The topological polar surface area (TPSA) is 48.1 Å². The van der Waals surface area contributed by atoms with E-state index in [2.05, 4.69) is 10.3 Å². The van der Waals surface area contributed by atoms with Crippen LogP contribution in [-0.2, 0) is 11.3 Å². The molecule has 1 amide bonds. The fourth-order valence-corrected chi connectivity index (χ4v) is 3.58. The van der Waals surface area contributed by atoms with Crippen LogP contribution in [0.1, 0.15) is 12.1 Å². The maximum atomic E-state index is 13.3. The van der Waals surface area contributed by atoms with Crippen molar-refractivity contribution in [1.82, 2.24) is 10.3 Å². The van der Waals surface area contributed by atoms with Gasteiger partial charge in [0, 0.05) is 48.0 Å². The van der Waals surface area contributed by atoms with Gasteiger partial charge in [-0.1, -0.05) is 11.6 Å². The van der Waals surface area contributed by atoms with Gasteiger partial charge in [-0.05, 0) is 59.8 Å². The van der Waals surface area contributed by atoms with Crippen LogP contribution in [0.4, 0.5) is 10.1 Å². The summed E-state index contributed by atoms with van der Waals surface area (Å²) in [7, 11) is 0. The number of H-pyrrole nitrogens is 1. The Hall–Kier alpha value is -2.37. The first-order valence-corrected chi connectivity index (χ1v) is 9.00. The van der Waals surface area contributed by atoms with Gasteiger partial charge >= 0.3 is 0 Å². The lowest BCUT2D eigenvalue weighted by Crippen LogP contribution is -2.27. The smallest absolute Gasteiger partial charge is 0.227 e. The Balaban J connectivity index is 1.33. The number of benzene rings is 2. The van der Waals surface area contributed by atoms with Crippen LogP contribution in [0.15, 0.2) is 48.5 Å². The number of nitrogens with zero attached hydrogens (tertiary/aromatic N) is 1. The predicted octanol–water partition coefficient (Wildman–Crippen LogP) is 4.10. The summed E-state index contributed by atoms with van der Waals surface area (Å²) in [5.41, 5.74) is 2.69. The van der Waals surface area contributed by atoms with Crippen LogP contribution in [0.25, 0.3) is 10.9 Å². The molecule has 2 N–H and O–H groups in total. The minimum Gasteiger partial charge on any atom is -0.357 e. The van der Waals surface area contributed by atoms with E-state index in [1.807, 2.05) is 23.1 Å². The number of hydrogen-bond donors (Lipinski definition) is 2. The summed E-state index contributed by atoms with van der Waals surface area (Å²) >= 11 is 5.91. The molecule has 134 valence electrons. The van der Waals surface area contributed by atoms with Crippen molar-refractivity contribution in [1.29, 1.82) is 0 Å². The molecule has 0 saturated carbocycles. The average molecular weight is 372 g/mol. The van der Waals surface area contributed by atoms with Gasteiger partial charge < -0.3 is 15.2 Å². The number of hydrogen-bond acceptors (Lipinski definition) is 2. The van der Waals surface area contributed by atoms with Crippen molar-refractivity contribution in [3.63, 3.8) is 0 Å². The summed E-state index contributed by atoms with van der Waals surface area (Å²) in [5, 5.41) is 5.05. The monoisotopic (exact) mass is 371 g/mol. The zero-order chi connectivity index (χ0) is 18.1. The molecule has 0 bridgehead atoms. The first kappa shape index (κ1) is 17.1. The molecule has 0 spiro atoms. The molecule has 1 aliphatic rings. The number of rotatable bonds is 5. The molecular formula is C20H19ClFN3O. The second kappa shape index (κ2) is 7.09. The van der Waals surface area contributed by atoms with Crippen molar-refractivity contribution in [2.45, 2.75) is 13.0 Å². The molecule has 26 heavy (non-hydrogen) atoms. The van der Waals surface area contributed by atoms with Gasteiger partial charge in [0.05, 0.1) is 0 Å². The Morgan fingerprint density at radius 2 is 2.00 bits per heavy atom. The lowest BCUT2D eigenvalue weighted by atomic mass is 10.1. The first-order chi connectivity index (χ1) is 12.6. The van der Waals surface area contributed by atoms with E-state index < -0.39 is 0 Å². The molecule has 3 aromatic rings. The van der Waals surface area contributed by atoms with E-state index >= 15 is 0 Å². The largest absolute Gasteiger partial charge is 0.357 e. The number of anilines is 1. The Bertz CT molecular complexity index is 938. The molecule has 1 saturated heterocycles. The molecule has 1 aromatic heterocycles. The molecule has 0 aliphatic carbocycles. The Kier molecular flexibility index (Phi) is 4.66. The molecule has 4 rings (SSSR count). The van der Waals surface area contributed by atoms with Crippen LogP contribution < -0.4 is 10.2 Å². The van der Waals surface area contributed by atoms with Gasteiger partial charge in [-0.3, -0.25) is 4.79 Å². The highest BCUT2D eigenvalue weighted by Gasteiger charge is 2.30. The predicted molar refractivity (Wildman–Crippen MR) is 102 cm³/mol. The molecular weight excluding hydrogens is 353 g/mol. The minimum atomic E-state index is -0.245. The average Bonchev–Trinajstić information content (AvgIpc) is 3.18. The van der Waals surface area contributed by atoms with E-state index in [1.54, 1.807) is 18.2 Å². The maximum Gasteiger partial charge on any atom is 0.227 e. The van der Waals surface area contributed by atoms with Crippen molar-refractivity contribution in [2.75, 3.05) is 18.0 Å². The van der Waals surface area contributed by atoms with Crippen molar-refractivity contribution >= 4 is 34.1 Å². The summed E-state index contributed by atoms with van der Waals surface area (Å²) in [6, 6.07) is 14.1. The molecule has 4 nitrogen and oxygen atoms in total. The van der Waals surface area contributed by atoms with Crippen molar-refractivity contribution in [3.05, 3.63) is 65.1 Å². The molecule has 1 fully saturated rings. The van der Waals surface area contributed by atoms with Crippen LogP contribution in [0.5, 0.6) is 0 Å². The third kappa shape index (κ3) is 3.59. The number of carbonyl (C=O) groups is 1. The normalized spacial score (nSPS) is 17.4. The minimum absolute atomic E-state index is 0.139. The van der Waals surface area contributed by atoms with E-state index in [1.165, 1.54) is 12.1 Å². The van der Waals surface area contributed by atoms with Crippen molar-refractivity contribution < 1.29 is 9.18 Å². The third-order valence-electron chi connectivity index (χ3n) is 4.73. The summed E-state index contributed by atoms with van der Waals surface area (Å²) < 4.78 is 13.3. The van der Waals surface area contributed by atoms with Gasteiger partial charge in [0.2, 0.25) is 5.91 Å². The highest BCUT2D eigenvalue weighted by atomic mass is 35.5. The van der Waals surface area contributed by atoms with Gasteiger partial charge in [0.1, 0.15) is 5.82 Å². The van der Waals surface area contributed by atoms with Crippen LogP contribution in [0, 0.1) is 11.7 Å². The van der Waals surface area contributed by atoms with Gasteiger partial charge in [-0.25, -0.2) is 4.39 Å². The molecule has 6 heteroatoms. The molecule has 1 atom stereocenters. The molecule has 2 aromatic carbocycles. The number of halogens is 2. The standard InChI is InChI=1S/C20H19ClFN3O/c21-15-2-5-18(6-3-15)25-12-13(7-20(25)26)10-23-11-17-8-14-1-4-16(22)9-19(14)24-17/h1-6,8-9,13,23-24H,7,10-12H2. The van der Waals surface area contributed by atoms with Crippen molar-refractivity contribution in [3.8, 4) is 0 Å². The number of aromatic nitrogens is 1. The summed E-state index contributed by atoms with van der Waals surface area (Å²) in [6.45, 7) is 2.10. The number of fused-ring (bicyclic) bond motifs is 1. The molecule has 2 heterocycles. The highest BCUT2D eigenvalue weighted by Crippen LogP contribution is 2.26. The van der Waals surface area contributed by atoms with E-state index in [0.29, 0.717) is 24.5 Å². The van der Waals surface area contributed by atoms with Gasteiger partial charge in [-0.2, -0.15) is 0 Å². The van der Waals surface area contributed by atoms with Gasteiger partial charge in [0.15, 0.2) is 0 Å². The van der Waals surface area contributed by atoms with E-state index in [0.717, 1.165) is 28.8 Å². The van der Waals surface area contributed by atoms with Gasteiger partial charge in [0.25, 0.3) is 0 Å². The number of aromatic amines is 1. The molecule has 1 aliphatic heterocycles. The third-order valence-corrected chi connectivity index (χ3v) is 4.98. The Morgan fingerprint density at radius 3 is 2.81 bits per heavy atom. The second-order valence-electron chi connectivity index (χ2n) is 6.71. The van der Waals surface area contributed by atoms with E-state index in [9.17, 15) is 9.18 Å². The number of amides is 1. The van der Waals surface area contributed by atoms with Crippen LogP contribution in [0.2, 0.25) is 5.02 Å². The number of nitrogens with one attached hydrogen (secondary N) is 2. The van der Waals surface area contributed by atoms with Crippen LogP contribution in [0.3, 0.4) is 0 Å². The fourth-order valence-electron chi connectivity index (χ4n) is 3.45. The fraction of sp³-hybridized carbons (Fsp3) is 0.250. The Morgan fingerprint density at radius 1 is 1.19 bits per heavy atom. The Labute approximate surface area is 156 Å². The quantitative estimate of drug-likeness (QED) is 0.709. The second-order valence-corrected chi connectivity index (χ2v) is 7.14. The van der Waals surface area contributed by atoms with Crippen molar-refractivity contribution in [2.24, 2.45) is 5.92 Å². The first-order valence-electron chi connectivity index (χ1n) is 8.62. The maximum absolute atomic E-state index is 13.3. The highest BCUT2D eigenvalue weighted by molar-refractivity contribution is 6.30. The van der Waals surface area contributed by atoms with E-state index in [4.69, 9.17) is 11.6 Å². The van der Waals surface area contributed by atoms with Gasteiger partial charge in [-0.15, -0.1) is 0 Å². The van der Waals surface area contributed by atoms with E-state index in [-0.39, 0.29) is 17.6 Å². The molecule has 0 radical (unpaired) electrons. The van der Waals surface area contributed by atoms with Crippen LogP contribution in [-0.4, -0.2) is 24.0 Å². The SMILES string of the molecule is O=C1CC(CNCc2cc3ccc(F)cc3[nH]2)CN1c1ccc(Cl)cc1. The number of carbonyl (C=O) groups excluding carboxylic acids is 1. The zero-order valence-corrected chi connectivity index (χ0v) is 14.9. The lowest BCUT2D eigenvalue weighted by Gasteiger charge is -2.17. The zero-order valence-electron chi connectivity index (χ0n) is 14.1. The molecule has 1 unspecified atom stereocenters.